The van der Waals surface area contributed by atoms with E-state index in [4.69, 9.17) is 10.5 Å². The number of ether oxygens (including phenoxy) is 1. The van der Waals surface area contributed by atoms with E-state index >= 15 is 0 Å². The lowest BCUT2D eigenvalue weighted by Gasteiger charge is -2.16. The molecule has 0 aromatic heterocycles. The summed E-state index contributed by atoms with van der Waals surface area (Å²) in [6.45, 7) is 1.38. The van der Waals surface area contributed by atoms with E-state index in [-0.39, 0.29) is 30.8 Å². The van der Waals surface area contributed by atoms with Crippen LogP contribution in [0.25, 0.3) is 0 Å². The van der Waals surface area contributed by atoms with Crippen molar-refractivity contribution in [3.05, 3.63) is 29.8 Å². The molecular formula is C15H22ClN3O3. The lowest BCUT2D eigenvalue weighted by Crippen LogP contribution is -2.43. The Hall–Kier alpha value is -1.63. The number of hydrogen-bond acceptors (Lipinski definition) is 4. The maximum absolute atomic E-state index is 11.7. The number of benzene rings is 1. The van der Waals surface area contributed by atoms with Crippen LogP contribution in [0.4, 0.5) is 5.69 Å². The van der Waals surface area contributed by atoms with Crippen molar-refractivity contribution in [1.29, 1.82) is 0 Å². The van der Waals surface area contributed by atoms with Gasteiger partial charge in [0.1, 0.15) is 6.04 Å². The molecule has 7 heteroatoms. The van der Waals surface area contributed by atoms with Gasteiger partial charge in [0.15, 0.2) is 0 Å². The molecule has 2 rings (SSSR count). The highest BCUT2D eigenvalue weighted by Gasteiger charge is 2.21. The average molecular weight is 328 g/mol. The molecule has 1 aliphatic rings. The maximum Gasteiger partial charge on any atom is 0.239 e. The zero-order valence-electron chi connectivity index (χ0n) is 12.6. The van der Waals surface area contributed by atoms with Gasteiger partial charge >= 0.3 is 0 Å². The largest absolute Gasteiger partial charge is 0.383 e. The summed E-state index contributed by atoms with van der Waals surface area (Å²) in [4.78, 5) is 25.1. The number of hydrogen-bond donors (Lipinski definition) is 2. The van der Waals surface area contributed by atoms with Crippen molar-refractivity contribution in [3.8, 4) is 0 Å². The van der Waals surface area contributed by atoms with Crippen LogP contribution in [0.5, 0.6) is 0 Å². The highest BCUT2D eigenvalue weighted by molar-refractivity contribution is 5.95. The number of nitrogens with two attached hydrogens (primary N) is 1. The van der Waals surface area contributed by atoms with E-state index in [2.05, 4.69) is 5.32 Å². The van der Waals surface area contributed by atoms with Crippen molar-refractivity contribution >= 4 is 29.9 Å². The molecule has 3 N–H and O–H groups in total. The second-order valence-corrected chi connectivity index (χ2v) is 5.10. The molecule has 1 aliphatic heterocycles. The summed E-state index contributed by atoms with van der Waals surface area (Å²) in [5.74, 6) is -0.0720. The number of carbonyl (C=O) groups excluding carboxylic acids is 2. The summed E-state index contributed by atoms with van der Waals surface area (Å²) in [7, 11) is 1.51. The summed E-state index contributed by atoms with van der Waals surface area (Å²) in [6, 6.07) is 6.96. The lowest BCUT2D eigenvalue weighted by atomic mass is 10.2. The number of halogens is 1. The van der Waals surface area contributed by atoms with Gasteiger partial charge in [-0.2, -0.15) is 0 Å². The molecule has 22 heavy (non-hydrogen) atoms. The van der Waals surface area contributed by atoms with Gasteiger partial charge in [-0.1, -0.05) is 12.1 Å². The fourth-order valence-electron chi connectivity index (χ4n) is 2.29. The van der Waals surface area contributed by atoms with Crippen LogP contribution in [0.3, 0.4) is 0 Å². The van der Waals surface area contributed by atoms with Crippen LogP contribution in [0.2, 0.25) is 0 Å². The van der Waals surface area contributed by atoms with E-state index in [1.807, 2.05) is 24.3 Å². The minimum absolute atomic E-state index is 0. The number of methoxy groups -OCH3 is 1. The van der Waals surface area contributed by atoms with E-state index in [1.54, 1.807) is 4.90 Å². The quantitative estimate of drug-likeness (QED) is 0.810. The Morgan fingerprint density at radius 1 is 1.41 bits per heavy atom. The molecule has 1 heterocycles. The van der Waals surface area contributed by atoms with Crippen LogP contribution in [0.1, 0.15) is 18.4 Å². The normalized spacial score (nSPS) is 15.4. The van der Waals surface area contributed by atoms with Gasteiger partial charge in [-0.05, 0) is 24.1 Å². The molecule has 0 radical (unpaired) electrons. The van der Waals surface area contributed by atoms with E-state index in [1.165, 1.54) is 7.11 Å². The van der Waals surface area contributed by atoms with E-state index in [0.29, 0.717) is 13.0 Å². The zero-order chi connectivity index (χ0) is 15.2. The van der Waals surface area contributed by atoms with Crippen LogP contribution in [0, 0.1) is 0 Å². The fourth-order valence-corrected chi connectivity index (χ4v) is 2.29. The first kappa shape index (κ1) is 18.4. The first-order chi connectivity index (χ1) is 10.1. The smallest absolute Gasteiger partial charge is 0.239 e. The van der Waals surface area contributed by atoms with Gasteiger partial charge in [0.05, 0.1) is 6.61 Å². The van der Waals surface area contributed by atoms with Crippen molar-refractivity contribution in [1.82, 2.24) is 5.32 Å². The summed E-state index contributed by atoms with van der Waals surface area (Å²) >= 11 is 0. The van der Waals surface area contributed by atoms with Crippen LogP contribution < -0.4 is 16.0 Å². The molecule has 0 saturated carbocycles. The van der Waals surface area contributed by atoms with E-state index < -0.39 is 6.04 Å². The van der Waals surface area contributed by atoms with Crippen molar-refractivity contribution in [2.75, 3.05) is 25.2 Å². The predicted octanol–water partition coefficient (Wildman–Crippen LogP) is 0.825. The first-order valence-corrected chi connectivity index (χ1v) is 7.03. The standard InChI is InChI=1S/C15H21N3O3.ClH/c1-21-10-13(16)15(20)17-9-11-4-6-12(7-5-11)18-8-2-3-14(18)19;/h4-7,13H,2-3,8-10,16H2,1H3,(H,17,20);1H. The van der Waals surface area contributed by atoms with Crippen molar-refractivity contribution in [2.45, 2.75) is 25.4 Å². The molecule has 1 fully saturated rings. The van der Waals surface area contributed by atoms with Gasteiger partial charge in [-0.3, -0.25) is 9.59 Å². The summed E-state index contributed by atoms with van der Waals surface area (Å²) in [5, 5.41) is 2.76. The molecule has 0 bridgehead atoms. The maximum atomic E-state index is 11.7. The molecular weight excluding hydrogens is 306 g/mol. The molecule has 1 unspecified atom stereocenters. The third-order valence-electron chi connectivity index (χ3n) is 3.47. The summed E-state index contributed by atoms with van der Waals surface area (Å²) in [6.07, 6.45) is 1.53. The lowest BCUT2D eigenvalue weighted by molar-refractivity contribution is -0.123. The Labute approximate surface area is 136 Å². The average Bonchev–Trinajstić information content (AvgIpc) is 2.91. The molecule has 1 aromatic carbocycles. The monoisotopic (exact) mass is 327 g/mol. The molecule has 1 saturated heterocycles. The number of nitrogens with zero attached hydrogens (tertiary/aromatic N) is 1. The third-order valence-corrected chi connectivity index (χ3v) is 3.47. The van der Waals surface area contributed by atoms with Gasteiger partial charge in [-0.25, -0.2) is 0 Å². The van der Waals surface area contributed by atoms with Crippen LogP contribution in [-0.4, -0.2) is 38.1 Å². The minimum Gasteiger partial charge on any atom is -0.383 e. The van der Waals surface area contributed by atoms with Gasteiger partial charge in [0, 0.05) is 32.3 Å². The highest BCUT2D eigenvalue weighted by atomic mass is 35.5. The summed E-state index contributed by atoms with van der Waals surface area (Å²) in [5.41, 5.74) is 7.50. The first-order valence-electron chi connectivity index (χ1n) is 7.03. The molecule has 122 valence electrons. The topological polar surface area (TPSA) is 84.7 Å². The Bertz CT molecular complexity index is 507. The van der Waals surface area contributed by atoms with Crippen LogP contribution in [-0.2, 0) is 20.9 Å². The van der Waals surface area contributed by atoms with Gasteiger partial charge in [0.25, 0.3) is 0 Å². The summed E-state index contributed by atoms with van der Waals surface area (Å²) < 4.78 is 4.84. The van der Waals surface area contributed by atoms with Gasteiger partial charge in [-0.15, -0.1) is 12.4 Å². The Morgan fingerprint density at radius 2 is 2.09 bits per heavy atom. The van der Waals surface area contributed by atoms with Crippen molar-refractivity contribution < 1.29 is 14.3 Å². The van der Waals surface area contributed by atoms with Gasteiger partial charge in [0.2, 0.25) is 11.8 Å². The van der Waals surface area contributed by atoms with Crippen molar-refractivity contribution in [2.24, 2.45) is 5.73 Å². The number of rotatable bonds is 6. The Morgan fingerprint density at radius 3 is 2.64 bits per heavy atom. The number of anilines is 1. The second-order valence-electron chi connectivity index (χ2n) is 5.10. The van der Waals surface area contributed by atoms with Gasteiger partial charge < -0.3 is 20.7 Å². The SMILES string of the molecule is COCC(N)C(=O)NCc1ccc(N2CCCC2=O)cc1.Cl. The molecule has 0 aliphatic carbocycles. The van der Waals surface area contributed by atoms with E-state index in [9.17, 15) is 9.59 Å². The Balaban J connectivity index is 0.00000242. The number of nitrogens with one attached hydrogen (secondary N) is 1. The van der Waals surface area contributed by atoms with Crippen molar-refractivity contribution in [3.63, 3.8) is 0 Å². The van der Waals surface area contributed by atoms with Crippen LogP contribution >= 0.6 is 12.4 Å². The number of amides is 2. The zero-order valence-corrected chi connectivity index (χ0v) is 13.4. The minimum atomic E-state index is -0.656. The highest BCUT2D eigenvalue weighted by Crippen LogP contribution is 2.21. The molecule has 1 atom stereocenters. The third kappa shape index (κ3) is 4.69. The number of carbonyl (C=O) groups is 2. The predicted molar refractivity (Wildman–Crippen MR) is 87.0 cm³/mol. The molecule has 2 amide bonds. The molecule has 1 aromatic rings. The Kier molecular flexibility index (Phi) is 7.31. The van der Waals surface area contributed by atoms with E-state index in [0.717, 1.165) is 24.2 Å². The second kappa shape index (κ2) is 8.73. The molecule has 0 spiro atoms. The van der Waals surface area contributed by atoms with Crippen LogP contribution in [0.15, 0.2) is 24.3 Å². The molecule has 6 nitrogen and oxygen atoms in total. The fraction of sp³-hybridized carbons (Fsp3) is 0.467.